The first-order chi connectivity index (χ1) is 7.52. The molecular weight excluding hydrogens is 214 g/mol. The minimum absolute atomic E-state index is 0.0916. The molecule has 0 aromatic carbocycles. The van der Waals surface area contributed by atoms with E-state index in [-0.39, 0.29) is 24.7 Å². The molecule has 2 amide bonds. The number of aldehydes is 1. The van der Waals surface area contributed by atoms with E-state index >= 15 is 0 Å². The number of nitrogens with two attached hydrogens (primary N) is 2. The van der Waals surface area contributed by atoms with Crippen molar-refractivity contribution in [1.82, 2.24) is 0 Å². The molecule has 4 N–H and O–H groups in total. The van der Waals surface area contributed by atoms with Crippen LogP contribution in [0.2, 0.25) is 0 Å². The number of carbonyl (C=O) groups is 3. The summed E-state index contributed by atoms with van der Waals surface area (Å²) >= 11 is 0. The average Bonchev–Trinajstić information content (AvgIpc) is 2.63. The number of hydrogen-bond acceptors (Lipinski definition) is 5. The molecule has 0 fully saturated rings. The van der Waals surface area contributed by atoms with Crippen molar-refractivity contribution >= 4 is 24.0 Å². The number of primary amides is 2. The molecule has 1 rings (SSSR count). The molecule has 0 atom stereocenters. The molecule has 0 unspecified atom stereocenters. The van der Waals surface area contributed by atoms with Crippen LogP contribution in [0.15, 0.2) is 16.5 Å². The molecule has 0 radical (unpaired) electrons. The van der Waals surface area contributed by atoms with Crippen molar-refractivity contribution in [2.45, 2.75) is 0 Å². The van der Waals surface area contributed by atoms with Crippen molar-refractivity contribution in [2.75, 3.05) is 18.0 Å². The van der Waals surface area contributed by atoms with E-state index in [4.69, 9.17) is 15.9 Å². The van der Waals surface area contributed by atoms with E-state index < -0.39 is 11.8 Å². The predicted octanol–water partition coefficient (Wildman–Crippen LogP) is -1.13. The summed E-state index contributed by atoms with van der Waals surface area (Å²) in [5.74, 6) is -0.982. The summed E-state index contributed by atoms with van der Waals surface area (Å²) in [6, 6.07) is 2.87. The molecule has 7 heteroatoms. The molecule has 0 spiro atoms. The van der Waals surface area contributed by atoms with Gasteiger partial charge >= 0.3 is 0 Å². The number of nitrogens with zero attached hydrogens (tertiary/aromatic N) is 1. The van der Waals surface area contributed by atoms with Crippen LogP contribution < -0.4 is 16.4 Å². The highest BCUT2D eigenvalue weighted by molar-refractivity contribution is 5.84. The fourth-order valence-electron chi connectivity index (χ4n) is 1.16. The lowest BCUT2D eigenvalue weighted by atomic mass is 10.4. The van der Waals surface area contributed by atoms with Gasteiger partial charge in [0.1, 0.15) is 13.1 Å². The van der Waals surface area contributed by atoms with Gasteiger partial charge < -0.3 is 20.8 Å². The van der Waals surface area contributed by atoms with Crippen LogP contribution in [0.25, 0.3) is 0 Å². The van der Waals surface area contributed by atoms with Gasteiger partial charge in [-0.25, -0.2) is 0 Å². The Labute approximate surface area is 91.0 Å². The molecule has 86 valence electrons. The third-order valence-electron chi connectivity index (χ3n) is 1.73. The van der Waals surface area contributed by atoms with Crippen molar-refractivity contribution in [1.29, 1.82) is 0 Å². The summed E-state index contributed by atoms with van der Waals surface area (Å²) in [7, 11) is 0. The number of carbonyl (C=O) groups excluding carboxylic acids is 3. The maximum Gasteiger partial charge on any atom is 0.237 e. The van der Waals surface area contributed by atoms with Crippen LogP contribution in [0.3, 0.4) is 0 Å². The van der Waals surface area contributed by atoms with Gasteiger partial charge in [0.25, 0.3) is 0 Å². The quantitative estimate of drug-likeness (QED) is 0.593. The van der Waals surface area contributed by atoms with Crippen molar-refractivity contribution in [2.24, 2.45) is 11.5 Å². The van der Waals surface area contributed by atoms with Gasteiger partial charge in [0, 0.05) is 6.07 Å². The van der Waals surface area contributed by atoms with Crippen molar-refractivity contribution in [3.05, 3.63) is 17.9 Å². The average molecular weight is 225 g/mol. The summed E-state index contributed by atoms with van der Waals surface area (Å²) in [6.45, 7) is -0.427. The monoisotopic (exact) mass is 225 g/mol. The Morgan fingerprint density at radius 2 is 1.81 bits per heavy atom. The zero-order valence-corrected chi connectivity index (χ0v) is 8.38. The van der Waals surface area contributed by atoms with Gasteiger partial charge in [-0.2, -0.15) is 0 Å². The largest absolute Gasteiger partial charge is 0.438 e. The molecule has 0 saturated heterocycles. The van der Waals surface area contributed by atoms with Crippen LogP contribution in [-0.2, 0) is 9.59 Å². The van der Waals surface area contributed by atoms with Gasteiger partial charge in [-0.15, -0.1) is 0 Å². The lowest BCUT2D eigenvalue weighted by Crippen LogP contribution is -2.39. The summed E-state index contributed by atoms with van der Waals surface area (Å²) in [5, 5.41) is 0. The molecule has 1 heterocycles. The topological polar surface area (TPSA) is 120 Å². The van der Waals surface area contributed by atoms with Crippen molar-refractivity contribution in [3.63, 3.8) is 0 Å². The minimum Gasteiger partial charge on any atom is -0.438 e. The molecule has 1 aromatic heterocycles. The normalized spacial score (nSPS) is 9.75. The van der Waals surface area contributed by atoms with E-state index in [9.17, 15) is 14.4 Å². The summed E-state index contributed by atoms with van der Waals surface area (Å²) in [6.07, 6.45) is 0.510. The van der Waals surface area contributed by atoms with Crippen LogP contribution in [0.1, 0.15) is 10.6 Å². The maximum absolute atomic E-state index is 10.8. The Morgan fingerprint density at radius 3 is 2.19 bits per heavy atom. The predicted molar refractivity (Wildman–Crippen MR) is 54.7 cm³/mol. The maximum atomic E-state index is 10.8. The Bertz CT molecular complexity index is 397. The van der Waals surface area contributed by atoms with Gasteiger partial charge in [0.15, 0.2) is 17.9 Å². The molecular formula is C9H11N3O4. The molecule has 0 aliphatic rings. The fourth-order valence-corrected chi connectivity index (χ4v) is 1.16. The second kappa shape index (κ2) is 4.96. The molecule has 16 heavy (non-hydrogen) atoms. The lowest BCUT2D eigenvalue weighted by molar-refractivity contribution is -0.117. The van der Waals surface area contributed by atoms with Crippen LogP contribution in [-0.4, -0.2) is 31.2 Å². The third kappa shape index (κ3) is 3.12. The standard InChI is InChI=1S/C9H11N3O4/c10-7(14)3-12(4-8(11)15)9-2-1-6(5-13)16-9/h1-2,5H,3-4H2,(H2,10,14)(H2,11,15). The molecule has 0 aliphatic carbocycles. The van der Waals surface area contributed by atoms with Crippen molar-refractivity contribution < 1.29 is 18.8 Å². The zero-order valence-electron chi connectivity index (χ0n) is 8.38. The van der Waals surface area contributed by atoms with E-state index in [2.05, 4.69) is 0 Å². The third-order valence-corrected chi connectivity index (χ3v) is 1.73. The molecule has 1 aromatic rings. The van der Waals surface area contributed by atoms with E-state index in [1.807, 2.05) is 0 Å². The van der Waals surface area contributed by atoms with Crippen molar-refractivity contribution in [3.8, 4) is 0 Å². The van der Waals surface area contributed by atoms with E-state index in [1.165, 1.54) is 17.0 Å². The number of rotatable bonds is 6. The van der Waals surface area contributed by atoms with Crippen LogP contribution in [0, 0.1) is 0 Å². The molecule has 7 nitrogen and oxygen atoms in total. The Kier molecular flexibility index (Phi) is 3.65. The Morgan fingerprint density at radius 1 is 1.25 bits per heavy atom. The second-order valence-electron chi connectivity index (χ2n) is 3.08. The first-order valence-electron chi connectivity index (χ1n) is 4.39. The fraction of sp³-hybridized carbons (Fsp3) is 0.222. The second-order valence-corrected chi connectivity index (χ2v) is 3.08. The number of furan rings is 1. The van der Waals surface area contributed by atoms with Crippen LogP contribution >= 0.6 is 0 Å². The van der Waals surface area contributed by atoms with Gasteiger partial charge in [0.05, 0.1) is 0 Å². The number of anilines is 1. The smallest absolute Gasteiger partial charge is 0.237 e. The highest BCUT2D eigenvalue weighted by Crippen LogP contribution is 2.16. The van der Waals surface area contributed by atoms with E-state index in [1.54, 1.807) is 0 Å². The van der Waals surface area contributed by atoms with Gasteiger partial charge in [0.2, 0.25) is 11.8 Å². The molecule has 0 saturated carbocycles. The SMILES string of the molecule is NC(=O)CN(CC(N)=O)c1ccc(C=O)o1. The van der Waals surface area contributed by atoms with Gasteiger partial charge in [-0.3, -0.25) is 14.4 Å². The summed E-state index contributed by atoms with van der Waals surface area (Å²) < 4.78 is 5.04. The van der Waals surface area contributed by atoms with Gasteiger partial charge in [-0.1, -0.05) is 0 Å². The van der Waals surface area contributed by atoms with E-state index in [0.717, 1.165) is 0 Å². The van der Waals surface area contributed by atoms with Crippen LogP contribution in [0.4, 0.5) is 5.88 Å². The number of amides is 2. The summed E-state index contributed by atoms with van der Waals surface area (Å²) in [4.78, 5) is 33.2. The molecule has 0 bridgehead atoms. The first-order valence-corrected chi connectivity index (χ1v) is 4.39. The zero-order chi connectivity index (χ0) is 12.1. The van der Waals surface area contributed by atoms with Crippen LogP contribution in [0.5, 0.6) is 0 Å². The van der Waals surface area contributed by atoms with E-state index in [0.29, 0.717) is 6.29 Å². The highest BCUT2D eigenvalue weighted by Gasteiger charge is 2.15. The van der Waals surface area contributed by atoms with Gasteiger partial charge in [-0.05, 0) is 6.07 Å². The lowest BCUT2D eigenvalue weighted by Gasteiger charge is -2.17. The Hall–Kier alpha value is -2.31. The first kappa shape index (κ1) is 11.8. The number of hydrogen-bond donors (Lipinski definition) is 2. The molecule has 0 aliphatic heterocycles. The highest BCUT2D eigenvalue weighted by atomic mass is 16.4. The minimum atomic E-state index is -0.634. The summed E-state index contributed by atoms with van der Waals surface area (Å²) in [5.41, 5.74) is 10.0. The Balaban J connectivity index is 2.85.